The van der Waals surface area contributed by atoms with Crippen molar-refractivity contribution in [1.82, 2.24) is 14.5 Å². The number of unbranched alkanes of at least 4 members (excludes halogenated alkanes) is 1. The van der Waals surface area contributed by atoms with Gasteiger partial charge in [0.2, 0.25) is 10.0 Å². The molecule has 8 heteroatoms. The molecule has 0 fully saturated rings. The number of para-hydroxylation sites is 1. The number of nitrogens with zero attached hydrogens (tertiary/aromatic N) is 2. The first kappa shape index (κ1) is 19.6. The van der Waals surface area contributed by atoms with Gasteiger partial charge in [-0.2, -0.15) is 5.10 Å². The molecular formula is C15H23ClN4O2S. The lowest BCUT2D eigenvalue weighted by Gasteiger charge is -2.15. The number of hydrogen-bond donors (Lipinski definition) is 2. The van der Waals surface area contributed by atoms with Crippen LogP contribution in [0.4, 0.5) is 0 Å². The number of nitrogens with two attached hydrogens (primary N) is 1. The number of nitrogens with one attached hydrogen (secondary N) is 1. The van der Waals surface area contributed by atoms with E-state index < -0.39 is 10.0 Å². The highest BCUT2D eigenvalue weighted by atomic mass is 35.5. The number of aromatic nitrogens is 2. The average molecular weight is 359 g/mol. The Labute approximate surface area is 143 Å². The van der Waals surface area contributed by atoms with Crippen LogP contribution in [-0.2, 0) is 10.0 Å². The quantitative estimate of drug-likeness (QED) is 0.756. The molecule has 3 N–H and O–H groups in total. The molecule has 0 radical (unpaired) electrons. The Kier molecular flexibility index (Phi) is 7.70. The van der Waals surface area contributed by atoms with Gasteiger partial charge in [-0.1, -0.05) is 38.0 Å². The molecule has 2 aromatic rings. The second-order valence-corrected chi connectivity index (χ2v) is 6.87. The van der Waals surface area contributed by atoms with Crippen LogP contribution in [0, 0.1) is 0 Å². The van der Waals surface area contributed by atoms with Crippen molar-refractivity contribution in [3.8, 4) is 5.69 Å². The van der Waals surface area contributed by atoms with Crippen LogP contribution < -0.4 is 10.5 Å². The van der Waals surface area contributed by atoms with Crippen LogP contribution in [0.3, 0.4) is 0 Å². The van der Waals surface area contributed by atoms with E-state index in [1.807, 2.05) is 30.3 Å². The third kappa shape index (κ3) is 5.31. The largest absolute Gasteiger partial charge is 0.329 e. The number of rotatable bonds is 8. The monoisotopic (exact) mass is 358 g/mol. The van der Waals surface area contributed by atoms with E-state index >= 15 is 0 Å². The topological polar surface area (TPSA) is 90.0 Å². The van der Waals surface area contributed by atoms with Crippen molar-refractivity contribution in [1.29, 1.82) is 0 Å². The lowest BCUT2D eigenvalue weighted by Crippen LogP contribution is -2.39. The number of hydrogen-bond acceptors (Lipinski definition) is 4. The molecular weight excluding hydrogens is 336 g/mol. The van der Waals surface area contributed by atoms with Gasteiger partial charge in [-0.15, -0.1) is 12.4 Å². The van der Waals surface area contributed by atoms with Crippen molar-refractivity contribution in [2.24, 2.45) is 5.73 Å². The van der Waals surface area contributed by atoms with Crippen molar-refractivity contribution in [3.05, 3.63) is 42.7 Å². The number of halogens is 1. The summed E-state index contributed by atoms with van der Waals surface area (Å²) in [7, 11) is -3.60. The fourth-order valence-electron chi connectivity index (χ4n) is 2.13. The minimum Gasteiger partial charge on any atom is -0.329 e. The Balaban J connectivity index is 0.00000264. The highest BCUT2D eigenvalue weighted by Gasteiger charge is 2.20. The summed E-state index contributed by atoms with van der Waals surface area (Å²) in [6, 6.07) is 9.12. The van der Waals surface area contributed by atoms with Crippen LogP contribution in [-0.4, -0.2) is 30.8 Å². The zero-order valence-corrected chi connectivity index (χ0v) is 14.7. The van der Waals surface area contributed by atoms with E-state index in [2.05, 4.69) is 16.7 Å². The van der Waals surface area contributed by atoms with Crippen molar-refractivity contribution >= 4 is 22.4 Å². The molecule has 1 atom stereocenters. The highest BCUT2D eigenvalue weighted by molar-refractivity contribution is 7.89. The van der Waals surface area contributed by atoms with Gasteiger partial charge in [-0.25, -0.2) is 17.8 Å². The fraction of sp³-hybridized carbons (Fsp3) is 0.400. The molecule has 128 valence electrons. The second-order valence-electron chi connectivity index (χ2n) is 5.15. The predicted octanol–water partition coefficient (Wildman–Crippen LogP) is 2.09. The van der Waals surface area contributed by atoms with E-state index in [9.17, 15) is 8.42 Å². The summed E-state index contributed by atoms with van der Waals surface area (Å²) < 4.78 is 29.0. The van der Waals surface area contributed by atoms with E-state index in [1.165, 1.54) is 17.1 Å². The van der Waals surface area contributed by atoms with Gasteiger partial charge in [0.15, 0.2) is 0 Å². The predicted molar refractivity (Wildman–Crippen MR) is 93.5 cm³/mol. The van der Waals surface area contributed by atoms with E-state index in [4.69, 9.17) is 5.73 Å². The molecule has 1 aromatic heterocycles. The van der Waals surface area contributed by atoms with E-state index in [0.29, 0.717) is 0 Å². The zero-order chi connectivity index (χ0) is 16.0. The molecule has 0 aliphatic heterocycles. The molecule has 1 heterocycles. The van der Waals surface area contributed by atoms with Crippen molar-refractivity contribution in [2.45, 2.75) is 37.1 Å². The average Bonchev–Trinajstić information content (AvgIpc) is 3.03. The molecule has 1 unspecified atom stereocenters. The van der Waals surface area contributed by atoms with Gasteiger partial charge in [-0.3, -0.25) is 0 Å². The van der Waals surface area contributed by atoms with Crippen molar-refractivity contribution in [2.75, 3.05) is 6.54 Å². The Hall–Kier alpha value is -1.41. The maximum Gasteiger partial charge on any atom is 0.244 e. The van der Waals surface area contributed by atoms with E-state index in [-0.39, 0.29) is 29.9 Å². The maximum atomic E-state index is 12.4. The molecule has 0 aliphatic carbocycles. The van der Waals surface area contributed by atoms with Gasteiger partial charge in [0.05, 0.1) is 18.1 Å². The summed E-state index contributed by atoms with van der Waals surface area (Å²) in [6.45, 7) is 2.35. The maximum absolute atomic E-state index is 12.4. The van der Waals surface area contributed by atoms with Gasteiger partial charge < -0.3 is 5.73 Å². The molecule has 2 rings (SSSR count). The van der Waals surface area contributed by atoms with Crippen LogP contribution in [0.15, 0.2) is 47.6 Å². The second kappa shape index (κ2) is 9.02. The van der Waals surface area contributed by atoms with Crippen LogP contribution in [0.1, 0.15) is 26.2 Å². The molecule has 0 saturated heterocycles. The number of sulfonamides is 1. The third-order valence-electron chi connectivity index (χ3n) is 3.40. The van der Waals surface area contributed by atoms with E-state index in [0.717, 1.165) is 24.9 Å². The molecule has 1 aromatic carbocycles. The minimum absolute atomic E-state index is 0. The summed E-state index contributed by atoms with van der Waals surface area (Å²) in [4.78, 5) is 0.145. The van der Waals surface area contributed by atoms with Crippen molar-refractivity contribution in [3.63, 3.8) is 0 Å². The Morgan fingerprint density at radius 1 is 1.30 bits per heavy atom. The van der Waals surface area contributed by atoms with Gasteiger partial charge >= 0.3 is 0 Å². The summed E-state index contributed by atoms with van der Waals surface area (Å²) in [5, 5.41) is 4.11. The van der Waals surface area contributed by atoms with Crippen molar-refractivity contribution < 1.29 is 8.42 Å². The van der Waals surface area contributed by atoms with Gasteiger partial charge in [0.25, 0.3) is 0 Å². The van der Waals surface area contributed by atoms with Crippen LogP contribution in [0.5, 0.6) is 0 Å². The normalized spacial score (nSPS) is 12.6. The first-order chi connectivity index (χ1) is 10.6. The molecule has 0 bridgehead atoms. The Morgan fingerprint density at radius 3 is 2.61 bits per heavy atom. The molecule has 0 amide bonds. The molecule has 23 heavy (non-hydrogen) atoms. The first-order valence-corrected chi connectivity index (χ1v) is 8.87. The molecule has 0 aliphatic rings. The molecule has 0 saturated carbocycles. The van der Waals surface area contributed by atoms with Crippen LogP contribution in [0.25, 0.3) is 5.69 Å². The molecule has 0 spiro atoms. The van der Waals surface area contributed by atoms with Gasteiger partial charge in [0, 0.05) is 12.6 Å². The summed E-state index contributed by atoms with van der Waals surface area (Å²) in [5.41, 5.74) is 6.46. The first-order valence-electron chi connectivity index (χ1n) is 7.39. The smallest absolute Gasteiger partial charge is 0.244 e. The minimum atomic E-state index is -3.60. The van der Waals surface area contributed by atoms with E-state index in [1.54, 1.807) is 0 Å². The lowest BCUT2D eigenvalue weighted by molar-refractivity contribution is 0.516. The SMILES string of the molecule is CCCCC(CN)NS(=O)(=O)c1cnn(-c2ccccc2)c1.Cl. The van der Waals surface area contributed by atoms with Crippen LogP contribution in [0.2, 0.25) is 0 Å². The Bertz CT molecular complexity index is 689. The lowest BCUT2D eigenvalue weighted by atomic mass is 10.1. The standard InChI is InChI=1S/C15H22N4O2S.ClH/c1-2-3-7-13(10-16)18-22(20,21)15-11-17-19(12-15)14-8-5-4-6-9-14;/h4-6,8-9,11-13,18H,2-3,7,10,16H2,1H3;1H. The summed E-state index contributed by atoms with van der Waals surface area (Å²) in [6.07, 6.45) is 5.53. The third-order valence-corrected chi connectivity index (χ3v) is 4.88. The van der Waals surface area contributed by atoms with Crippen LogP contribution >= 0.6 is 12.4 Å². The van der Waals surface area contributed by atoms with Gasteiger partial charge in [0.1, 0.15) is 4.90 Å². The highest BCUT2D eigenvalue weighted by Crippen LogP contribution is 2.13. The zero-order valence-electron chi connectivity index (χ0n) is 13.1. The molecule has 6 nitrogen and oxygen atoms in total. The van der Waals surface area contributed by atoms with Gasteiger partial charge in [-0.05, 0) is 18.6 Å². The summed E-state index contributed by atoms with van der Waals surface area (Å²) >= 11 is 0. The Morgan fingerprint density at radius 2 is 2.00 bits per heavy atom. The number of benzene rings is 1. The summed E-state index contributed by atoms with van der Waals surface area (Å²) in [5.74, 6) is 0. The fourth-order valence-corrected chi connectivity index (χ4v) is 3.34.